The van der Waals surface area contributed by atoms with E-state index in [9.17, 15) is 4.79 Å². The molecule has 1 fully saturated rings. The molecular formula is C23H26N2O3. The molecule has 5 rings (SSSR count). The van der Waals surface area contributed by atoms with Gasteiger partial charge in [0.2, 0.25) is 12.7 Å². The van der Waals surface area contributed by atoms with E-state index in [0.29, 0.717) is 5.92 Å². The summed E-state index contributed by atoms with van der Waals surface area (Å²) in [6.07, 6.45) is 1.71. The van der Waals surface area contributed by atoms with Crippen LogP contribution in [0.4, 0.5) is 11.4 Å². The van der Waals surface area contributed by atoms with Crippen LogP contribution in [-0.2, 0) is 10.2 Å². The maximum atomic E-state index is 13.1. The third kappa shape index (κ3) is 2.72. The second kappa shape index (κ2) is 5.90. The lowest BCUT2D eigenvalue weighted by molar-refractivity contribution is -0.118. The second-order valence-electron chi connectivity index (χ2n) is 9.21. The maximum absolute atomic E-state index is 13.1. The van der Waals surface area contributed by atoms with Gasteiger partial charge in [-0.25, -0.2) is 0 Å². The van der Waals surface area contributed by atoms with Crippen molar-refractivity contribution in [1.82, 2.24) is 0 Å². The lowest BCUT2D eigenvalue weighted by Crippen LogP contribution is -2.27. The molecule has 5 nitrogen and oxygen atoms in total. The van der Waals surface area contributed by atoms with Crippen LogP contribution in [0.5, 0.6) is 11.5 Å². The van der Waals surface area contributed by atoms with Crippen molar-refractivity contribution >= 4 is 17.3 Å². The van der Waals surface area contributed by atoms with Gasteiger partial charge in [0.25, 0.3) is 0 Å². The Labute approximate surface area is 165 Å². The van der Waals surface area contributed by atoms with Crippen molar-refractivity contribution in [3.05, 3.63) is 47.5 Å². The first-order valence-corrected chi connectivity index (χ1v) is 9.96. The predicted octanol–water partition coefficient (Wildman–Crippen LogP) is 4.64. The molecule has 0 saturated heterocycles. The highest BCUT2D eigenvalue weighted by atomic mass is 16.7. The number of amides is 1. The number of carbonyl (C=O) groups excluding carboxylic acids is 1. The first-order chi connectivity index (χ1) is 13.4. The minimum atomic E-state index is -0.457. The van der Waals surface area contributed by atoms with Crippen LogP contribution in [-0.4, -0.2) is 19.2 Å². The molecule has 28 heavy (non-hydrogen) atoms. The molecule has 0 bridgehead atoms. The van der Waals surface area contributed by atoms with Crippen LogP contribution >= 0.6 is 0 Å². The molecule has 0 aromatic heterocycles. The van der Waals surface area contributed by atoms with Crippen molar-refractivity contribution in [2.75, 3.05) is 24.0 Å². The molecule has 1 saturated carbocycles. The van der Waals surface area contributed by atoms with E-state index in [-0.39, 0.29) is 18.1 Å². The Hall–Kier alpha value is -2.69. The monoisotopic (exact) mass is 378 g/mol. The predicted molar refractivity (Wildman–Crippen MR) is 109 cm³/mol. The van der Waals surface area contributed by atoms with E-state index in [1.54, 1.807) is 0 Å². The number of hydrogen-bond acceptors (Lipinski definition) is 4. The summed E-state index contributed by atoms with van der Waals surface area (Å²) in [7, 11) is 0. The lowest BCUT2D eigenvalue weighted by atomic mass is 9.78. The zero-order valence-electron chi connectivity index (χ0n) is 16.6. The van der Waals surface area contributed by atoms with E-state index in [1.165, 1.54) is 5.56 Å². The normalized spacial score (nSPS) is 21.0. The molecular weight excluding hydrogens is 352 g/mol. The molecule has 1 atom stereocenters. The minimum absolute atomic E-state index is 0.0525. The molecule has 146 valence electrons. The zero-order valence-corrected chi connectivity index (χ0v) is 16.6. The molecule has 2 aliphatic heterocycles. The van der Waals surface area contributed by atoms with Gasteiger partial charge in [-0.2, -0.15) is 0 Å². The lowest BCUT2D eigenvalue weighted by Gasteiger charge is -2.26. The van der Waals surface area contributed by atoms with Crippen molar-refractivity contribution in [1.29, 1.82) is 0 Å². The molecule has 1 amide bonds. The summed E-state index contributed by atoms with van der Waals surface area (Å²) >= 11 is 0. The Morgan fingerprint density at radius 2 is 1.89 bits per heavy atom. The van der Waals surface area contributed by atoms with E-state index >= 15 is 0 Å². The van der Waals surface area contributed by atoms with Crippen LogP contribution in [0, 0.1) is 5.41 Å². The van der Waals surface area contributed by atoms with Crippen LogP contribution in [0.3, 0.4) is 0 Å². The summed E-state index contributed by atoms with van der Waals surface area (Å²) < 4.78 is 10.9. The van der Waals surface area contributed by atoms with Gasteiger partial charge in [0.15, 0.2) is 11.5 Å². The SMILES string of the molecule is CC(C)(C)C1CNc2cc(NC(=O)C3(c4ccc5c(c4)OCO5)CC3)ccc21. The fourth-order valence-electron chi connectivity index (χ4n) is 4.40. The Morgan fingerprint density at radius 3 is 2.64 bits per heavy atom. The molecule has 2 N–H and O–H groups in total. The van der Waals surface area contributed by atoms with Gasteiger partial charge in [-0.05, 0) is 53.6 Å². The Kier molecular flexibility index (Phi) is 3.67. The van der Waals surface area contributed by atoms with Gasteiger partial charge in [0.1, 0.15) is 0 Å². The smallest absolute Gasteiger partial charge is 0.235 e. The molecule has 2 aromatic rings. The Balaban J connectivity index is 1.36. The third-order valence-corrected chi connectivity index (χ3v) is 6.34. The number of anilines is 2. The molecule has 0 radical (unpaired) electrons. The van der Waals surface area contributed by atoms with E-state index in [0.717, 1.165) is 47.8 Å². The highest BCUT2D eigenvalue weighted by molar-refractivity contribution is 6.01. The van der Waals surface area contributed by atoms with Gasteiger partial charge >= 0.3 is 0 Å². The van der Waals surface area contributed by atoms with E-state index in [4.69, 9.17) is 9.47 Å². The molecule has 1 unspecified atom stereocenters. The highest BCUT2D eigenvalue weighted by Crippen LogP contribution is 2.51. The van der Waals surface area contributed by atoms with E-state index < -0.39 is 5.41 Å². The molecule has 3 aliphatic rings. The molecule has 1 aliphatic carbocycles. The van der Waals surface area contributed by atoms with Gasteiger partial charge in [-0.1, -0.05) is 32.9 Å². The average molecular weight is 378 g/mol. The number of hydrogen-bond donors (Lipinski definition) is 2. The first kappa shape index (κ1) is 17.4. The fraction of sp³-hybridized carbons (Fsp3) is 0.435. The van der Waals surface area contributed by atoms with Crippen molar-refractivity contribution in [3.63, 3.8) is 0 Å². The van der Waals surface area contributed by atoms with Crippen molar-refractivity contribution in [3.8, 4) is 11.5 Å². The standard InChI is InChI=1S/C23H26N2O3/c1-22(2,3)17-12-24-18-11-15(5-6-16(17)18)25-21(26)23(8-9-23)14-4-7-19-20(10-14)28-13-27-19/h4-7,10-11,17,24H,8-9,12-13H2,1-3H3,(H,25,26). The summed E-state index contributed by atoms with van der Waals surface area (Å²) in [5, 5.41) is 6.65. The topological polar surface area (TPSA) is 59.6 Å². The summed E-state index contributed by atoms with van der Waals surface area (Å²) in [5.41, 5.74) is 4.06. The van der Waals surface area contributed by atoms with Gasteiger partial charge in [0.05, 0.1) is 5.41 Å². The van der Waals surface area contributed by atoms with Crippen molar-refractivity contribution in [2.24, 2.45) is 5.41 Å². The molecule has 2 aromatic carbocycles. The highest BCUT2D eigenvalue weighted by Gasteiger charge is 2.51. The number of carbonyl (C=O) groups is 1. The van der Waals surface area contributed by atoms with Gasteiger partial charge in [-0.15, -0.1) is 0 Å². The molecule has 0 spiro atoms. The third-order valence-electron chi connectivity index (χ3n) is 6.34. The number of benzene rings is 2. The number of nitrogens with one attached hydrogen (secondary N) is 2. The van der Waals surface area contributed by atoms with Crippen LogP contribution in [0.1, 0.15) is 50.7 Å². The number of ether oxygens (including phenoxy) is 2. The van der Waals surface area contributed by atoms with Crippen LogP contribution in [0.25, 0.3) is 0 Å². The zero-order chi connectivity index (χ0) is 19.5. The summed E-state index contributed by atoms with van der Waals surface area (Å²) in [6.45, 7) is 8.00. The molecule has 5 heteroatoms. The van der Waals surface area contributed by atoms with Crippen LogP contribution in [0.15, 0.2) is 36.4 Å². The van der Waals surface area contributed by atoms with Crippen LogP contribution < -0.4 is 20.1 Å². The Bertz CT molecular complexity index is 957. The number of rotatable bonds is 3. The second-order valence-corrected chi connectivity index (χ2v) is 9.21. The Morgan fingerprint density at radius 1 is 1.11 bits per heavy atom. The van der Waals surface area contributed by atoms with Crippen LogP contribution in [0.2, 0.25) is 0 Å². The summed E-state index contributed by atoms with van der Waals surface area (Å²) in [4.78, 5) is 13.1. The first-order valence-electron chi connectivity index (χ1n) is 9.96. The fourth-order valence-corrected chi connectivity index (χ4v) is 4.40. The molecule has 2 heterocycles. The van der Waals surface area contributed by atoms with Gasteiger partial charge in [0, 0.05) is 23.8 Å². The van der Waals surface area contributed by atoms with Gasteiger partial charge < -0.3 is 20.1 Å². The summed E-state index contributed by atoms with van der Waals surface area (Å²) in [5.74, 6) is 2.01. The summed E-state index contributed by atoms with van der Waals surface area (Å²) in [6, 6.07) is 12.1. The minimum Gasteiger partial charge on any atom is -0.454 e. The van der Waals surface area contributed by atoms with Crippen molar-refractivity contribution < 1.29 is 14.3 Å². The van der Waals surface area contributed by atoms with E-state index in [2.05, 4.69) is 43.5 Å². The number of fused-ring (bicyclic) bond motifs is 2. The average Bonchev–Trinajstić information content (AvgIpc) is 3.14. The quantitative estimate of drug-likeness (QED) is 0.817. The van der Waals surface area contributed by atoms with Crippen molar-refractivity contribution in [2.45, 2.75) is 44.9 Å². The van der Waals surface area contributed by atoms with Gasteiger partial charge in [-0.3, -0.25) is 4.79 Å². The van der Waals surface area contributed by atoms with E-state index in [1.807, 2.05) is 24.3 Å². The maximum Gasteiger partial charge on any atom is 0.235 e. The largest absolute Gasteiger partial charge is 0.454 e.